The summed E-state index contributed by atoms with van der Waals surface area (Å²) in [6.07, 6.45) is 7.56. The fourth-order valence-corrected chi connectivity index (χ4v) is 9.50. The van der Waals surface area contributed by atoms with Gasteiger partial charge in [0.05, 0.1) is 38.2 Å². The Hall–Kier alpha value is -10.2. The van der Waals surface area contributed by atoms with E-state index in [2.05, 4.69) is 78.8 Å². The molecule has 90 heavy (non-hydrogen) atoms. The monoisotopic (exact) mass is 1240 g/mol. The van der Waals surface area contributed by atoms with Crippen LogP contribution in [0.1, 0.15) is 113 Å². The van der Waals surface area contributed by atoms with Crippen molar-refractivity contribution in [3.63, 3.8) is 0 Å². The van der Waals surface area contributed by atoms with Crippen molar-refractivity contribution in [3.05, 3.63) is 119 Å². The van der Waals surface area contributed by atoms with Crippen molar-refractivity contribution in [3.8, 4) is 5.75 Å². The number of nitrogens with two attached hydrogens (primary N) is 1. The first kappa shape index (κ1) is 68.9. The first-order valence-electron chi connectivity index (χ1n) is 29.9. The zero-order valence-electron chi connectivity index (χ0n) is 50.3. The molecule has 0 saturated heterocycles. The van der Waals surface area contributed by atoms with Gasteiger partial charge in [0.15, 0.2) is 0 Å². The van der Waals surface area contributed by atoms with Gasteiger partial charge in [0.1, 0.15) is 36.0 Å². The van der Waals surface area contributed by atoms with Crippen LogP contribution in [0.5, 0.6) is 5.75 Å². The van der Waals surface area contributed by atoms with Gasteiger partial charge in [-0.05, 0) is 86.2 Å². The van der Waals surface area contributed by atoms with Crippen molar-refractivity contribution >= 4 is 81.8 Å². The fourth-order valence-electron chi connectivity index (χ4n) is 9.50. The van der Waals surface area contributed by atoms with Gasteiger partial charge < -0.3 is 84.6 Å². The highest BCUT2D eigenvalue weighted by Crippen LogP contribution is 2.20. The number of fused-ring (bicyclic) bond motifs is 3. The van der Waals surface area contributed by atoms with Gasteiger partial charge in [-0.2, -0.15) is 0 Å². The van der Waals surface area contributed by atoms with Gasteiger partial charge in [0.2, 0.25) is 53.2 Å². The summed E-state index contributed by atoms with van der Waals surface area (Å²) in [5.41, 5.74) is 7.59. The summed E-state index contributed by atoms with van der Waals surface area (Å²) < 4.78 is 0. The van der Waals surface area contributed by atoms with Crippen LogP contribution >= 0.6 is 0 Å². The molecule has 29 heteroatoms. The van der Waals surface area contributed by atoms with Gasteiger partial charge in [-0.15, -0.1) is 0 Å². The third-order valence-electron chi connectivity index (χ3n) is 14.4. The Labute approximate surface area is 518 Å². The lowest BCUT2D eigenvalue weighted by Crippen LogP contribution is -2.56. The third kappa shape index (κ3) is 22.2. The standard InChI is InChI=1S/C61H80N16O13/c1-3-5-12-46-61(90)76-47(23-36-15-17-42(78)18-16-36)58(87)70-31-50(79)69-34-53(82)74-48(27-40-29-67-44-13-8-7-11-43(40)44)59(88)71-32-51(80)68-33-52(81)73-45(14-9-10-19-62)60(89)77-49(28-41-30-63-35-72-41)57(86)66-22-21-65-55(84)38-24-37(54(83)64-20-6-4-2)25-39(26-38)56(85)75-46/h7-8,11,13,15-18,24-26,29-30,35,45-49,67,78H,3-6,9-10,12,14,19-23,27-28,31-34,62H2,1-2H3,(H,63,72)(H,64,83)(H,65,84)(H,66,86)(H,68,80)(H,69,79)(H,70,87)(H,71,88)(H,73,81)(H,74,82)(H,75,85)(H,76,90)(H,77,89)/t45-,46+,47+,48+,49+/m1/s1. The molecule has 2 aromatic heterocycles. The smallest absolute Gasteiger partial charge is 0.251 e. The molecule has 17 N–H and O–H groups in total. The van der Waals surface area contributed by atoms with Crippen LogP contribution in [-0.2, 0) is 62.4 Å². The van der Waals surface area contributed by atoms with Crippen molar-refractivity contribution in [1.82, 2.24) is 78.8 Å². The van der Waals surface area contributed by atoms with Gasteiger partial charge in [-0.25, -0.2) is 4.98 Å². The van der Waals surface area contributed by atoms with E-state index in [1.807, 2.05) is 19.9 Å². The van der Waals surface area contributed by atoms with E-state index in [-0.39, 0.29) is 80.7 Å². The lowest BCUT2D eigenvalue weighted by atomic mass is 10.0. The lowest BCUT2D eigenvalue weighted by molar-refractivity contribution is -0.132. The third-order valence-corrected chi connectivity index (χ3v) is 14.4. The fraction of sp³-hybridized carbons (Fsp3) is 0.426. The Morgan fingerprint density at radius 1 is 0.556 bits per heavy atom. The Morgan fingerprint density at radius 2 is 1.12 bits per heavy atom. The predicted octanol–water partition coefficient (Wildman–Crippen LogP) is -1.46. The lowest BCUT2D eigenvalue weighted by Gasteiger charge is -2.24. The zero-order valence-corrected chi connectivity index (χ0v) is 50.3. The van der Waals surface area contributed by atoms with Crippen molar-refractivity contribution in [2.24, 2.45) is 5.73 Å². The van der Waals surface area contributed by atoms with E-state index in [0.717, 1.165) is 17.3 Å². The van der Waals surface area contributed by atoms with Crippen LogP contribution in [0.3, 0.4) is 0 Å². The van der Waals surface area contributed by atoms with E-state index in [0.29, 0.717) is 48.9 Å². The molecule has 1 aliphatic heterocycles. The first-order chi connectivity index (χ1) is 43.3. The number of benzene rings is 3. The van der Waals surface area contributed by atoms with Gasteiger partial charge in [-0.3, -0.25) is 57.5 Å². The van der Waals surface area contributed by atoms with E-state index >= 15 is 0 Å². The number of phenols is 1. The zero-order chi connectivity index (χ0) is 65.0. The molecule has 0 spiro atoms. The molecule has 0 saturated carbocycles. The number of hydrogen-bond acceptors (Lipinski definition) is 15. The highest BCUT2D eigenvalue weighted by Gasteiger charge is 2.31. The molecule has 5 atom stereocenters. The van der Waals surface area contributed by atoms with E-state index in [1.165, 1.54) is 55.0 Å². The quantitative estimate of drug-likeness (QED) is 0.0473. The van der Waals surface area contributed by atoms with Crippen LogP contribution in [-0.4, -0.2) is 174 Å². The predicted molar refractivity (Wildman–Crippen MR) is 329 cm³/mol. The average molecular weight is 1250 g/mol. The summed E-state index contributed by atoms with van der Waals surface area (Å²) in [6.45, 7) is 1.27. The second-order valence-corrected chi connectivity index (χ2v) is 21.5. The van der Waals surface area contributed by atoms with Gasteiger partial charge in [0.25, 0.3) is 17.7 Å². The van der Waals surface area contributed by atoms with Gasteiger partial charge in [-0.1, -0.05) is 63.4 Å². The Morgan fingerprint density at radius 3 is 1.76 bits per heavy atom. The number of carbonyl (C=O) groups excluding carboxylic acids is 12. The summed E-state index contributed by atoms with van der Waals surface area (Å²) in [5, 5.41) is 41.8. The number of para-hydroxylation sites is 1. The largest absolute Gasteiger partial charge is 0.508 e. The Bertz CT molecular complexity index is 3320. The molecule has 0 aliphatic carbocycles. The van der Waals surface area contributed by atoms with Crippen LogP contribution in [0, 0.1) is 0 Å². The molecule has 12 amide bonds. The number of nitrogens with zero attached hydrogens (tertiary/aromatic N) is 1. The summed E-state index contributed by atoms with van der Waals surface area (Å²) >= 11 is 0. The second kappa shape index (κ2) is 35.6. The maximum absolute atomic E-state index is 14.3. The van der Waals surface area contributed by atoms with Crippen LogP contribution in [0.4, 0.5) is 0 Å². The number of nitrogens with one attached hydrogen (secondary N) is 14. The molecule has 6 rings (SSSR count). The Balaban J connectivity index is 1.29. The number of aromatic hydroxyl groups is 1. The highest BCUT2D eigenvalue weighted by atomic mass is 16.3. The maximum Gasteiger partial charge on any atom is 0.251 e. The number of aromatic nitrogens is 3. The molecule has 5 aromatic rings. The molecular weight excluding hydrogens is 1160 g/mol. The highest BCUT2D eigenvalue weighted by molar-refractivity contribution is 6.06. The molecule has 29 nitrogen and oxygen atoms in total. The van der Waals surface area contributed by atoms with Crippen molar-refractivity contribution in [1.29, 1.82) is 0 Å². The number of phenolic OH excluding ortho intramolecular Hbond substituents is 1. The van der Waals surface area contributed by atoms with Crippen molar-refractivity contribution in [2.45, 2.75) is 115 Å². The molecule has 482 valence electrons. The number of hydrogen-bond donors (Lipinski definition) is 16. The van der Waals surface area contributed by atoms with Crippen LogP contribution < -0.4 is 69.5 Å². The van der Waals surface area contributed by atoms with Gasteiger partial charge in [0, 0.05) is 78.9 Å². The molecule has 3 heterocycles. The Kier molecular flexibility index (Phi) is 27.2. The molecule has 0 unspecified atom stereocenters. The molecule has 0 fully saturated rings. The summed E-state index contributed by atoms with van der Waals surface area (Å²) in [6, 6.07) is 10.2. The normalized spacial score (nSPS) is 19.7. The van der Waals surface area contributed by atoms with E-state index < -0.39 is 127 Å². The van der Waals surface area contributed by atoms with E-state index in [9.17, 15) is 62.6 Å². The minimum atomic E-state index is -1.39. The molecule has 0 radical (unpaired) electrons. The van der Waals surface area contributed by atoms with Crippen LogP contribution in [0.2, 0.25) is 0 Å². The second-order valence-electron chi connectivity index (χ2n) is 21.5. The molecule has 2 bridgehead atoms. The van der Waals surface area contributed by atoms with E-state index in [1.54, 1.807) is 24.4 Å². The molecule has 1 aliphatic rings. The summed E-state index contributed by atoms with van der Waals surface area (Å²) in [4.78, 5) is 175. The van der Waals surface area contributed by atoms with Crippen LogP contribution in [0.15, 0.2) is 85.5 Å². The summed E-state index contributed by atoms with van der Waals surface area (Å²) in [7, 11) is 0. The van der Waals surface area contributed by atoms with Crippen molar-refractivity contribution < 1.29 is 62.6 Å². The SMILES string of the molecule is CCCCNC(=O)c1cc2cc(c1)C(=O)N[C@@H](CCCC)C(=O)N[C@@H](Cc1ccc(O)cc1)C(=O)NCC(=O)NCC(=O)N[C@@H](Cc1c[nH]c3ccccc13)C(=O)NCC(=O)NCC(=O)N[C@H](CCCCN)C(=O)N[C@@H](Cc1c[nH]cn1)C(=O)NCCNC2=O. The number of rotatable bonds is 17. The number of imidazole rings is 1. The number of H-pyrrole nitrogens is 2. The number of unbranched alkanes of at least 4 members (excludes halogenated alkanes) is 3. The topological polar surface area (TPSA) is 440 Å². The summed E-state index contributed by atoms with van der Waals surface area (Å²) in [5.74, 6) is -9.50. The van der Waals surface area contributed by atoms with Gasteiger partial charge >= 0.3 is 0 Å². The number of amides is 12. The number of carbonyl (C=O) groups is 12. The maximum atomic E-state index is 14.3. The van der Waals surface area contributed by atoms with Crippen molar-refractivity contribution in [2.75, 3.05) is 52.4 Å². The van der Waals surface area contributed by atoms with Crippen LogP contribution in [0.25, 0.3) is 10.9 Å². The molecule has 3 aromatic carbocycles. The minimum Gasteiger partial charge on any atom is -0.508 e. The average Bonchev–Trinajstić information content (AvgIpc) is 2.95. The minimum absolute atomic E-state index is 0.0616. The first-order valence-corrected chi connectivity index (χ1v) is 29.9. The molecular formula is C61H80N16O13. The van der Waals surface area contributed by atoms with E-state index in [4.69, 9.17) is 5.73 Å². The number of aromatic amines is 2.